The van der Waals surface area contributed by atoms with Crippen molar-refractivity contribution < 1.29 is 14.2 Å². The zero-order chi connectivity index (χ0) is 13.1. The number of hydrogen-bond donors (Lipinski definition) is 0. The molecule has 0 saturated heterocycles. The molecule has 95 valence electrons. The molecule has 0 atom stereocenters. The molecule has 0 amide bonds. The summed E-state index contributed by atoms with van der Waals surface area (Å²) in [4.78, 5) is 0. The number of benzene rings is 2. The highest BCUT2D eigenvalue weighted by atomic mass is 16.5. The Bertz CT molecular complexity index is 561. The average Bonchev–Trinajstić information content (AvgIpc) is 2.44. The van der Waals surface area contributed by atoms with Crippen molar-refractivity contribution in [3.05, 3.63) is 36.8 Å². The summed E-state index contributed by atoms with van der Waals surface area (Å²) in [7, 11) is 4.86. The van der Waals surface area contributed by atoms with Gasteiger partial charge in [-0.1, -0.05) is 18.2 Å². The van der Waals surface area contributed by atoms with Crippen LogP contribution in [0.4, 0.5) is 0 Å². The highest BCUT2D eigenvalue weighted by molar-refractivity contribution is 5.93. The van der Waals surface area contributed by atoms with E-state index in [1.807, 2.05) is 18.2 Å². The summed E-state index contributed by atoms with van der Waals surface area (Å²) in [5.74, 6) is 1.99. The Morgan fingerprint density at radius 1 is 0.944 bits per heavy atom. The van der Waals surface area contributed by atoms with Crippen LogP contribution in [0.2, 0.25) is 0 Å². The molecule has 2 aromatic carbocycles. The molecular formula is C15H17O3. The van der Waals surface area contributed by atoms with Crippen molar-refractivity contribution in [3.63, 3.8) is 0 Å². The standard InChI is InChI=1S/C15H17O3/c1-5-10-6-7-12-11(8-10)9-13(16-2)15(18-4)14(12)17-3/h6-9H,1,5H2,2-4H3. The van der Waals surface area contributed by atoms with Crippen LogP contribution >= 0.6 is 0 Å². The highest BCUT2D eigenvalue weighted by Gasteiger charge is 2.15. The molecule has 0 saturated carbocycles. The third kappa shape index (κ3) is 1.96. The summed E-state index contributed by atoms with van der Waals surface area (Å²) in [6.45, 7) is 3.89. The number of hydrogen-bond acceptors (Lipinski definition) is 3. The van der Waals surface area contributed by atoms with E-state index in [0.717, 1.165) is 17.2 Å². The molecule has 3 heteroatoms. The monoisotopic (exact) mass is 245 g/mol. The van der Waals surface area contributed by atoms with Crippen LogP contribution < -0.4 is 14.2 Å². The van der Waals surface area contributed by atoms with E-state index < -0.39 is 0 Å². The minimum Gasteiger partial charge on any atom is -0.493 e. The number of methoxy groups -OCH3 is 3. The minimum absolute atomic E-state index is 0.620. The molecule has 0 heterocycles. The molecule has 2 aromatic rings. The Balaban J connectivity index is 2.78. The van der Waals surface area contributed by atoms with Crippen LogP contribution in [-0.4, -0.2) is 21.3 Å². The Morgan fingerprint density at radius 3 is 2.22 bits per heavy atom. The van der Waals surface area contributed by atoms with E-state index in [1.165, 1.54) is 5.56 Å². The lowest BCUT2D eigenvalue weighted by molar-refractivity contribution is 0.327. The van der Waals surface area contributed by atoms with Gasteiger partial charge < -0.3 is 14.2 Å². The zero-order valence-electron chi connectivity index (χ0n) is 10.9. The SMILES string of the molecule is [CH2]Cc1ccc2c(OC)c(OC)c(OC)cc2c1. The van der Waals surface area contributed by atoms with Crippen LogP contribution in [0, 0.1) is 6.92 Å². The number of rotatable bonds is 4. The van der Waals surface area contributed by atoms with Gasteiger partial charge in [0.25, 0.3) is 0 Å². The van der Waals surface area contributed by atoms with E-state index in [1.54, 1.807) is 21.3 Å². The van der Waals surface area contributed by atoms with E-state index >= 15 is 0 Å². The second-order valence-corrected chi connectivity index (χ2v) is 3.95. The smallest absolute Gasteiger partial charge is 0.203 e. The van der Waals surface area contributed by atoms with Gasteiger partial charge in [-0.3, -0.25) is 0 Å². The summed E-state index contributed by atoms with van der Waals surface area (Å²) in [6.07, 6.45) is 0.757. The Kier molecular flexibility index (Phi) is 3.60. The predicted octanol–water partition coefficient (Wildman–Crippen LogP) is 3.24. The molecule has 0 N–H and O–H groups in total. The van der Waals surface area contributed by atoms with Crippen LogP contribution in [0.5, 0.6) is 17.2 Å². The van der Waals surface area contributed by atoms with Gasteiger partial charge in [0.1, 0.15) is 0 Å². The zero-order valence-corrected chi connectivity index (χ0v) is 10.9. The molecule has 3 nitrogen and oxygen atoms in total. The normalized spacial score (nSPS) is 10.4. The Labute approximate surface area is 107 Å². The Morgan fingerprint density at radius 2 is 1.67 bits per heavy atom. The van der Waals surface area contributed by atoms with Crippen LogP contribution in [0.3, 0.4) is 0 Å². The van der Waals surface area contributed by atoms with Crippen molar-refractivity contribution in [2.24, 2.45) is 0 Å². The van der Waals surface area contributed by atoms with Gasteiger partial charge in [-0.15, -0.1) is 0 Å². The first kappa shape index (κ1) is 12.6. The quantitative estimate of drug-likeness (QED) is 0.827. The first-order chi connectivity index (χ1) is 8.74. The fourth-order valence-corrected chi connectivity index (χ4v) is 2.08. The Hall–Kier alpha value is -1.90. The topological polar surface area (TPSA) is 27.7 Å². The summed E-state index contributed by atoms with van der Waals surface area (Å²) >= 11 is 0. The van der Waals surface area contributed by atoms with Gasteiger partial charge in [0, 0.05) is 5.39 Å². The van der Waals surface area contributed by atoms with Crippen molar-refractivity contribution >= 4 is 10.8 Å². The molecule has 0 aliphatic heterocycles. The van der Waals surface area contributed by atoms with Gasteiger partial charge in [-0.05, 0) is 30.4 Å². The molecule has 0 aromatic heterocycles. The highest BCUT2D eigenvalue weighted by Crippen LogP contribution is 2.43. The first-order valence-electron chi connectivity index (χ1n) is 5.76. The molecular weight excluding hydrogens is 228 g/mol. The fraction of sp³-hybridized carbons (Fsp3) is 0.267. The van der Waals surface area contributed by atoms with Gasteiger partial charge in [-0.2, -0.15) is 0 Å². The molecule has 0 aliphatic carbocycles. The van der Waals surface area contributed by atoms with E-state index in [9.17, 15) is 0 Å². The maximum Gasteiger partial charge on any atom is 0.203 e. The minimum atomic E-state index is 0.620. The van der Waals surface area contributed by atoms with E-state index in [2.05, 4.69) is 13.0 Å². The second-order valence-electron chi connectivity index (χ2n) is 3.95. The van der Waals surface area contributed by atoms with Gasteiger partial charge >= 0.3 is 0 Å². The maximum atomic E-state index is 5.44. The lowest BCUT2D eigenvalue weighted by Gasteiger charge is -2.15. The van der Waals surface area contributed by atoms with Gasteiger partial charge in [0.05, 0.1) is 21.3 Å². The van der Waals surface area contributed by atoms with Crippen molar-refractivity contribution in [2.45, 2.75) is 6.42 Å². The summed E-state index contributed by atoms with van der Waals surface area (Å²) in [6, 6.07) is 8.11. The van der Waals surface area contributed by atoms with Gasteiger partial charge in [-0.25, -0.2) is 0 Å². The van der Waals surface area contributed by atoms with Crippen LogP contribution in [-0.2, 0) is 6.42 Å². The molecule has 1 radical (unpaired) electrons. The van der Waals surface area contributed by atoms with Gasteiger partial charge in [0.15, 0.2) is 11.5 Å². The molecule has 0 unspecified atom stereocenters. The lowest BCUT2D eigenvalue weighted by atomic mass is 10.0. The summed E-state index contributed by atoms with van der Waals surface area (Å²) in [5.41, 5.74) is 1.18. The molecule has 0 spiro atoms. The summed E-state index contributed by atoms with van der Waals surface area (Å²) < 4.78 is 16.1. The number of fused-ring (bicyclic) bond motifs is 1. The lowest BCUT2D eigenvalue weighted by Crippen LogP contribution is -1.96. The first-order valence-corrected chi connectivity index (χ1v) is 5.76. The van der Waals surface area contributed by atoms with Crippen molar-refractivity contribution in [1.82, 2.24) is 0 Å². The third-order valence-corrected chi connectivity index (χ3v) is 2.99. The van der Waals surface area contributed by atoms with Gasteiger partial charge in [0.2, 0.25) is 5.75 Å². The largest absolute Gasteiger partial charge is 0.493 e. The van der Waals surface area contributed by atoms with E-state index in [0.29, 0.717) is 17.2 Å². The van der Waals surface area contributed by atoms with Crippen LogP contribution in [0.15, 0.2) is 24.3 Å². The van der Waals surface area contributed by atoms with Crippen molar-refractivity contribution in [3.8, 4) is 17.2 Å². The third-order valence-electron chi connectivity index (χ3n) is 2.99. The second kappa shape index (κ2) is 5.17. The molecule has 0 fully saturated rings. The van der Waals surface area contributed by atoms with E-state index in [-0.39, 0.29) is 0 Å². The maximum absolute atomic E-state index is 5.44. The van der Waals surface area contributed by atoms with Crippen LogP contribution in [0.25, 0.3) is 10.8 Å². The predicted molar refractivity (Wildman–Crippen MR) is 72.7 cm³/mol. The van der Waals surface area contributed by atoms with Crippen molar-refractivity contribution in [1.29, 1.82) is 0 Å². The van der Waals surface area contributed by atoms with E-state index in [4.69, 9.17) is 14.2 Å². The number of ether oxygens (including phenoxy) is 3. The van der Waals surface area contributed by atoms with Crippen LogP contribution in [0.1, 0.15) is 5.56 Å². The molecule has 2 rings (SSSR count). The molecule has 0 bridgehead atoms. The molecule has 0 aliphatic rings. The summed E-state index contributed by atoms with van der Waals surface area (Å²) in [5, 5.41) is 2.07. The molecule has 18 heavy (non-hydrogen) atoms. The average molecular weight is 245 g/mol. The fourth-order valence-electron chi connectivity index (χ4n) is 2.08. The van der Waals surface area contributed by atoms with Crippen molar-refractivity contribution in [2.75, 3.05) is 21.3 Å².